The molecular formula is C12H20N4. The van der Waals surface area contributed by atoms with Crippen LogP contribution >= 0.6 is 0 Å². The van der Waals surface area contributed by atoms with Gasteiger partial charge in [0, 0.05) is 44.5 Å². The van der Waals surface area contributed by atoms with Crippen LogP contribution in [0.15, 0.2) is 18.3 Å². The Balaban J connectivity index is 2.17. The van der Waals surface area contributed by atoms with Crippen molar-refractivity contribution in [2.45, 2.75) is 6.54 Å². The molecule has 0 aromatic carbocycles. The molecule has 4 heteroatoms. The van der Waals surface area contributed by atoms with Gasteiger partial charge in [0.15, 0.2) is 0 Å². The van der Waals surface area contributed by atoms with Gasteiger partial charge in [-0.2, -0.15) is 0 Å². The molecule has 4 nitrogen and oxygen atoms in total. The van der Waals surface area contributed by atoms with E-state index in [0.717, 1.165) is 38.5 Å². The highest BCUT2D eigenvalue weighted by Gasteiger charge is 2.15. The number of nitrogens with zero attached hydrogens (tertiary/aromatic N) is 3. The largest absolute Gasteiger partial charge is 0.354 e. The van der Waals surface area contributed by atoms with Crippen molar-refractivity contribution in [2.75, 3.05) is 45.2 Å². The molecule has 88 valence electrons. The van der Waals surface area contributed by atoms with Gasteiger partial charge in [-0.25, -0.2) is 4.98 Å². The van der Waals surface area contributed by atoms with Gasteiger partial charge in [0.1, 0.15) is 5.82 Å². The van der Waals surface area contributed by atoms with E-state index in [9.17, 15) is 0 Å². The molecule has 2 rings (SSSR count). The second-order valence-corrected chi connectivity index (χ2v) is 4.46. The monoisotopic (exact) mass is 220 g/mol. The summed E-state index contributed by atoms with van der Waals surface area (Å²) in [5.41, 5.74) is 1.31. The van der Waals surface area contributed by atoms with E-state index in [0.29, 0.717) is 0 Å². The molecule has 0 radical (unpaired) electrons. The number of nitrogens with one attached hydrogen (secondary N) is 1. The topological polar surface area (TPSA) is 31.4 Å². The Hall–Kier alpha value is -1.13. The minimum absolute atomic E-state index is 0.951. The Morgan fingerprint density at radius 2 is 2.12 bits per heavy atom. The zero-order valence-electron chi connectivity index (χ0n) is 10.1. The first-order valence-electron chi connectivity index (χ1n) is 5.81. The van der Waals surface area contributed by atoms with Crippen LogP contribution in [0.4, 0.5) is 5.82 Å². The van der Waals surface area contributed by atoms with Gasteiger partial charge < -0.3 is 15.1 Å². The molecule has 1 saturated heterocycles. The third kappa shape index (κ3) is 2.71. The molecule has 1 aromatic rings. The molecule has 0 unspecified atom stereocenters. The lowest BCUT2D eigenvalue weighted by Crippen LogP contribution is -2.44. The molecule has 0 aliphatic carbocycles. The third-order valence-electron chi connectivity index (χ3n) is 2.77. The first-order chi connectivity index (χ1) is 7.77. The third-order valence-corrected chi connectivity index (χ3v) is 2.77. The number of hydrogen-bond acceptors (Lipinski definition) is 4. The molecule has 2 heterocycles. The highest BCUT2D eigenvalue weighted by Crippen LogP contribution is 2.18. The van der Waals surface area contributed by atoms with Gasteiger partial charge in [-0.1, -0.05) is 6.07 Å². The number of rotatable bonds is 3. The quantitative estimate of drug-likeness (QED) is 0.806. The fourth-order valence-electron chi connectivity index (χ4n) is 2.06. The number of pyridine rings is 1. The summed E-state index contributed by atoms with van der Waals surface area (Å²) >= 11 is 0. The molecule has 0 amide bonds. The van der Waals surface area contributed by atoms with Crippen LogP contribution in [-0.4, -0.2) is 50.2 Å². The van der Waals surface area contributed by atoms with Crippen molar-refractivity contribution in [1.29, 1.82) is 0 Å². The standard InChI is InChI=1S/C12H20N4/c1-15(2)10-11-4-3-5-14-12(11)16-8-6-13-7-9-16/h3-5,13H,6-10H2,1-2H3. The summed E-state index contributed by atoms with van der Waals surface area (Å²) in [7, 11) is 4.18. The highest BCUT2D eigenvalue weighted by molar-refractivity contribution is 5.47. The Bertz CT molecular complexity index is 332. The van der Waals surface area contributed by atoms with Gasteiger partial charge in [-0.05, 0) is 20.2 Å². The fourth-order valence-corrected chi connectivity index (χ4v) is 2.06. The maximum Gasteiger partial charge on any atom is 0.133 e. The molecule has 0 saturated carbocycles. The van der Waals surface area contributed by atoms with Crippen LogP contribution in [0.5, 0.6) is 0 Å². The molecule has 0 spiro atoms. The lowest BCUT2D eigenvalue weighted by Gasteiger charge is -2.30. The Morgan fingerprint density at radius 1 is 1.38 bits per heavy atom. The van der Waals surface area contributed by atoms with Crippen molar-refractivity contribution in [3.8, 4) is 0 Å². The van der Waals surface area contributed by atoms with Crippen LogP contribution in [-0.2, 0) is 6.54 Å². The minimum atomic E-state index is 0.951. The lowest BCUT2D eigenvalue weighted by atomic mass is 10.2. The van der Waals surface area contributed by atoms with E-state index >= 15 is 0 Å². The summed E-state index contributed by atoms with van der Waals surface area (Å²) in [6, 6.07) is 4.19. The molecule has 1 aromatic heterocycles. The van der Waals surface area contributed by atoms with E-state index in [2.05, 4.69) is 40.3 Å². The van der Waals surface area contributed by atoms with E-state index in [1.54, 1.807) is 0 Å². The first-order valence-corrected chi connectivity index (χ1v) is 5.81. The number of aromatic nitrogens is 1. The molecular weight excluding hydrogens is 200 g/mol. The normalized spacial score (nSPS) is 16.8. The molecule has 1 fully saturated rings. The smallest absolute Gasteiger partial charge is 0.133 e. The first kappa shape index (κ1) is 11.4. The second-order valence-electron chi connectivity index (χ2n) is 4.46. The lowest BCUT2D eigenvalue weighted by molar-refractivity contribution is 0.401. The van der Waals surface area contributed by atoms with Gasteiger partial charge in [0.25, 0.3) is 0 Å². The van der Waals surface area contributed by atoms with E-state index in [1.807, 2.05) is 12.3 Å². The summed E-state index contributed by atoms with van der Waals surface area (Å²) in [5, 5.41) is 3.36. The van der Waals surface area contributed by atoms with E-state index in [-0.39, 0.29) is 0 Å². The molecule has 1 aliphatic rings. The van der Waals surface area contributed by atoms with Gasteiger partial charge in [0.2, 0.25) is 0 Å². The summed E-state index contributed by atoms with van der Waals surface area (Å²) in [6.07, 6.45) is 1.89. The summed E-state index contributed by atoms with van der Waals surface area (Å²) < 4.78 is 0. The van der Waals surface area contributed by atoms with Crippen molar-refractivity contribution in [3.63, 3.8) is 0 Å². The van der Waals surface area contributed by atoms with Crippen LogP contribution in [0, 0.1) is 0 Å². The molecule has 16 heavy (non-hydrogen) atoms. The van der Waals surface area contributed by atoms with Crippen molar-refractivity contribution < 1.29 is 0 Å². The summed E-state index contributed by atoms with van der Waals surface area (Å²) in [5.74, 6) is 1.15. The predicted octanol–water partition coefficient (Wildman–Crippen LogP) is 0.553. The number of piperazine rings is 1. The van der Waals surface area contributed by atoms with Crippen LogP contribution in [0.1, 0.15) is 5.56 Å². The minimum Gasteiger partial charge on any atom is -0.354 e. The van der Waals surface area contributed by atoms with Crippen molar-refractivity contribution in [3.05, 3.63) is 23.9 Å². The van der Waals surface area contributed by atoms with Gasteiger partial charge in [-0.3, -0.25) is 0 Å². The Kier molecular flexibility index (Phi) is 3.74. The fraction of sp³-hybridized carbons (Fsp3) is 0.583. The number of anilines is 1. The molecule has 0 bridgehead atoms. The maximum atomic E-state index is 4.53. The molecule has 1 N–H and O–H groups in total. The van der Waals surface area contributed by atoms with Crippen molar-refractivity contribution in [2.24, 2.45) is 0 Å². The average Bonchev–Trinajstić information content (AvgIpc) is 2.30. The van der Waals surface area contributed by atoms with E-state index < -0.39 is 0 Å². The zero-order chi connectivity index (χ0) is 11.4. The second kappa shape index (κ2) is 5.27. The SMILES string of the molecule is CN(C)Cc1cccnc1N1CCNCC1. The molecule has 0 atom stereocenters. The van der Waals surface area contributed by atoms with E-state index in [4.69, 9.17) is 0 Å². The van der Waals surface area contributed by atoms with Crippen LogP contribution in [0.2, 0.25) is 0 Å². The highest BCUT2D eigenvalue weighted by atomic mass is 15.2. The zero-order valence-corrected chi connectivity index (χ0v) is 10.1. The van der Waals surface area contributed by atoms with Crippen molar-refractivity contribution >= 4 is 5.82 Å². The van der Waals surface area contributed by atoms with Gasteiger partial charge >= 0.3 is 0 Å². The summed E-state index contributed by atoms with van der Waals surface area (Å²) in [6.45, 7) is 5.16. The van der Waals surface area contributed by atoms with Crippen LogP contribution in [0.25, 0.3) is 0 Å². The van der Waals surface area contributed by atoms with Crippen LogP contribution < -0.4 is 10.2 Å². The van der Waals surface area contributed by atoms with Gasteiger partial charge in [0.05, 0.1) is 0 Å². The maximum absolute atomic E-state index is 4.53. The predicted molar refractivity (Wildman–Crippen MR) is 66.7 cm³/mol. The average molecular weight is 220 g/mol. The van der Waals surface area contributed by atoms with Crippen LogP contribution in [0.3, 0.4) is 0 Å². The number of hydrogen-bond donors (Lipinski definition) is 1. The van der Waals surface area contributed by atoms with E-state index in [1.165, 1.54) is 5.56 Å². The summed E-state index contributed by atoms with van der Waals surface area (Å²) in [4.78, 5) is 9.08. The van der Waals surface area contributed by atoms with Gasteiger partial charge in [-0.15, -0.1) is 0 Å². The Labute approximate surface area is 97.3 Å². The Morgan fingerprint density at radius 3 is 2.81 bits per heavy atom. The molecule has 1 aliphatic heterocycles. The van der Waals surface area contributed by atoms with Crippen molar-refractivity contribution in [1.82, 2.24) is 15.2 Å².